The molecular weight excluding hydrogens is 275 g/mol. The molecule has 0 amide bonds. The maximum atomic E-state index is 8.91. The van der Waals surface area contributed by atoms with Gasteiger partial charge in [0.05, 0.1) is 6.10 Å². The first-order chi connectivity index (χ1) is 5.89. The zero-order valence-electron chi connectivity index (χ0n) is 8.38. The zero-order valence-corrected chi connectivity index (χ0v) is 11.6. The molecule has 2 rings (SSSR count). The van der Waals surface area contributed by atoms with Crippen molar-refractivity contribution in [3.63, 3.8) is 0 Å². The van der Waals surface area contributed by atoms with Crippen molar-refractivity contribution in [2.75, 3.05) is 0 Å². The van der Waals surface area contributed by atoms with Crippen LogP contribution in [0.3, 0.4) is 0 Å². The largest absolute Gasteiger partial charge is 2.00 e. The van der Waals surface area contributed by atoms with Gasteiger partial charge in [-0.25, -0.2) is 12.2 Å². The topological polar surface area (TPSA) is 20.2 Å². The van der Waals surface area contributed by atoms with Crippen molar-refractivity contribution < 1.29 is 43.7 Å². The van der Waals surface area contributed by atoms with Crippen LogP contribution in [-0.4, -0.2) is 11.2 Å². The van der Waals surface area contributed by atoms with Crippen LogP contribution in [0.25, 0.3) is 0 Å². The molecule has 0 aromatic rings. The molecule has 1 N–H and O–H groups in total. The Bertz CT molecular complexity index is 153. The fourth-order valence-corrected chi connectivity index (χ4v) is 1.42. The molecule has 1 nitrogen and oxygen atoms in total. The van der Waals surface area contributed by atoms with E-state index in [2.05, 4.69) is 12.2 Å². The second kappa shape index (κ2) is 11.7. The Kier molecular flexibility index (Phi) is 14.2. The fraction of sp³-hybridized carbons (Fsp3) is 0.636. The Morgan fingerprint density at radius 1 is 1.14 bits per heavy atom. The number of hydrogen-bond donors (Lipinski definition) is 1. The molecule has 0 aliphatic heterocycles. The van der Waals surface area contributed by atoms with Gasteiger partial charge in [0, 0.05) is 0 Å². The van der Waals surface area contributed by atoms with Crippen LogP contribution in [-0.2, 0) is 26.2 Å². The Morgan fingerprint density at radius 3 is 2.00 bits per heavy atom. The molecule has 0 heterocycles. The van der Waals surface area contributed by atoms with Gasteiger partial charge in [-0.1, -0.05) is 19.3 Å². The van der Waals surface area contributed by atoms with Crippen LogP contribution in [0.4, 0.5) is 0 Å². The number of hydrogen-bond acceptors (Lipinski definition) is 1. The molecule has 0 saturated heterocycles. The summed E-state index contributed by atoms with van der Waals surface area (Å²) in [6.45, 7) is 0. The van der Waals surface area contributed by atoms with E-state index in [0.29, 0.717) is 0 Å². The van der Waals surface area contributed by atoms with Crippen LogP contribution >= 0.6 is 0 Å². The van der Waals surface area contributed by atoms with E-state index in [0.717, 1.165) is 19.3 Å². The van der Waals surface area contributed by atoms with Gasteiger partial charge in [-0.05, 0) is 12.8 Å². The third-order valence-electron chi connectivity index (χ3n) is 2.16. The predicted molar refractivity (Wildman–Crippen MR) is 50.7 cm³/mol. The van der Waals surface area contributed by atoms with Gasteiger partial charge in [-0.15, -0.1) is 6.42 Å². The first kappa shape index (κ1) is 17.0. The van der Waals surface area contributed by atoms with E-state index in [1.165, 1.54) is 19.3 Å². The monoisotopic (exact) mass is 290 g/mol. The number of aliphatic hydroxyl groups excluding tert-OH is 1. The molecular formula is C11H17ClOZr. The third kappa shape index (κ3) is 9.18. The Labute approximate surface area is 112 Å². The SMILES string of the molecule is OC1CCCCC1.[C-]1=CC=CC1.[Cl-].[Zr+2]. The predicted octanol–water partition coefficient (Wildman–Crippen LogP) is -0.381. The van der Waals surface area contributed by atoms with Crippen molar-refractivity contribution in [2.45, 2.75) is 44.6 Å². The molecule has 0 radical (unpaired) electrons. The summed E-state index contributed by atoms with van der Waals surface area (Å²) in [6.07, 6.45) is 15.9. The number of halogens is 1. The molecule has 3 heteroatoms. The molecule has 78 valence electrons. The first-order valence-corrected chi connectivity index (χ1v) is 4.79. The minimum absolute atomic E-state index is 0. The Morgan fingerprint density at radius 2 is 1.79 bits per heavy atom. The average molecular weight is 292 g/mol. The van der Waals surface area contributed by atoms with Crippen molar-refractivity contribution in [1.29, 1.82) is 0 Å². The minimum atomic E-state index is 0. The summed E-state index contributed by atoms with van der Waals surface area (Å²) >= 11 is 0. The van der Waals surface area contributed by atoms with Crippen molar-refractivity contribution in [2.24, 2.45) is 0 Å². The summed E-state index contributed by atoms with van der Waals surface area (Å²) < 4.78 is 0. The molecule has 0 spiro atoms. The molecule has 14 heavy (non-hydrogen) atoms. The normalized spacial score (nSPS) is 18.9. The maximum Gasteiger partial charge on any atom is 2.00 e. The first-order valence-electron chi connectivity index (χ1n) is 4.79. The number of aliphatic hydroxyl groups is 1. The summed E-state index contributed by atoms with van der Waals surface area (Å²) in [5, 5.41) is 8.91. The van der Waals surface area contributed by atoms with Gasteiger partial charge in [0.15, 0.2) is 0 Å². The van der Waals surface area contributed by atoms with E-state index in [9.17, 15) is 0 Å². The molecule has 0 bridgehead atoms. The second-order valence-corrected chi connectivity index (χ2v) is 3.29. The Balaban J connectivity index is 0. The van der Waals surface area contributed by atoms with Gasteiger partial charge < -0.3 is 17.5 Å². The van der Waals surface area contributed by atoms with Gasteiger partial charge >= 0.3 is 26.2 Å². The second-order valence-electron chi connectivity index (χ2n) is 3.29. The molecule has 0 unspecified atom stereocenters. The molecule has 2 aliphatic carbocycles. The Hall–Kier alpha value is 0.613. The van der Waals surface area contributed by atoms with E-state index in [1.54, 1.807) is 0 Å². The molecule has 0 aromatic carbocycles. The molecule has 1 fully saturated rings. The van der Waals surface area contributed by atoms with Gasteiger partial charge in [-0.2, -0.15) is 6.08 Å². The van der Waals surface area contributed by atoms with Crippen molar-refractivity contribution >= 4 is 0 Å². The van der Waals surface area contributed by atoms with Gasteiger partial charge in [0.1, 0.15) is 0 Å². The van der Waals surface area contributed by atoms with E-state index < -0.39 is 0 Å². The van der Waals surface area contributed by atoms with Crippen LogP contribution in [0.2, 0.25) is 0 Å². The molecule has 0 aromatic heterocycles. The number of rotatable bonds is 0. The summed E-state index contributed by atoms with van der Waals surface area (Å²) in [7, 11) is 0. The summed E-state index contributed by atoms with van der Waals surface area (Å²) in [5.74, 6) is 0. The summed E-state index contributed by atoms with van der Waals surface area (Å²) in [4.78, 5) is 0. The minimum Gasteiger partial charge on any atom is -1.00 e. The van der Waals surface area contributed by atoms with E-state index >= 15 is 0 Å². The standard InChI is InChI=1S/C6H12O.C5H5.ClH.Zr/c7-6-4-2-1-3-5-6;1-2-4-5-3-1;;/h6-7H,1-5H2;1-3H,4H2;1H;/q;-1;;+2/p-1. The smallest absolute Gasteiger partial charge is 1.00 e. The van der Waals surface area contributed by atoms with E-state index in [-0.39, 0.29) is 44.7 Å². The zero-order chi connectivity index (χ0) is 8.65. The van der Waals surface area contributed by atoms with Crippen LogP contribution in [0.1, 0.15) is 38.5 Å². The maximum absolute atomic E-state index is 8.91. The quantitative estimate of drug-likeness (QED) is 0.603. The van der Waals surface area contributed by atoms with Crippen molar-refractivity contribution in [1.82, 2.24) is 0 Å². The molecule has 0 atom stereocenters. The van der Waals surface area contributed by atoms with E-state index in [4.69, 9.17) is 5.11 Å². The fourth-order valence-electron chi connectivity index (χ4n) is 1.42. The van der Waals surface area contributed by atoms with Crippen LogP contribution in [0.5, 0.6) is 0 Å². The molecule has 1 saturated carbocycles. The average Bonchev–Trinajstić information content (AvgIpc) is 2.62. The van der Waals surface area contributed by atoms with Gasteiger partial charge in [0.25, 0.3) is 0 Å². The summed E-state index contributed by atoms with van der Waals surface area (Å²) in [5.41, 5.74) is 0. The number of allylic oxidation sites excluding steroid dienone is 4. The van der Waals surface area contributed by atoms with Crippen molar-refractivity contribution in [3.8, 4) is 0 Å². The third-order valence-corrected chi connectivity index (χ3v) is 2.16. The van der Waals surface area contributed by atoms with Crippen molar-refractivity contribution in [3.05, 3.63) is 24.3 Å². The summed E-state index contributed by atoms with van der Waals surface area (Å²) in [6, 6.07) is 0. The van der Waals surface area contributed by atoms with Crippen LogP contribution in [0, 0.1) is 6.08 Å². The van der Waals surface area contributed by atoms with Crippen LogP contribution < -0.4 is 12.4 Å². The van der Waals surface area contributed by atoms with Gasteiger partial charge in [-0.3, -0.25) is 6.08 Å². The van der Waals surface area contributed by atoms with Crippen LogP contribution in [0.15, 0.2) is 18.2 Å². The molecule has 2 aliphatic rings. The van der Waals surface area contributed by atoms with E-state index in [1.807, 2.05) is 12.2 Å². The van der Waals surface area contributed by atoms with Gasteiger partial charge in [0.2, 0.25) is 0 Å².